The lowest BCUT2D eigenvalue weighted by atomic mass is 9.84. The van der Waals surface area contributed by atoms with Crippen LogP contribution in [0.15, 0.2) is 18.2 Å². The lowest BCUT2D eigenvalue weighted by Gasteiger charge is -2.40. The Balaban J connectivity index is 2.04. The summed E-state index contributed by atoms with van der Waals surface area (Å²) in [7, 11) is 0. The second-order valence-electron chi connectivity index (χ2n) is 5.48. The van der Waals surface area contributed by atoms with Gasteiger partial charge in [0.1, 0.15) is 5.75 Å². The van der Waals surface area contributed by atoms with E-state index in [2.05, 4.69) is 11.6 Å². The second kappa shape index (κ2) is 5.95. The molecule has 0 radical (unpaired) electrons. The van der Waals surface area contributed by atoms with Crippen molar-refractivity contribution in [1.82, 2.24) is 0 Å². The standard InChI is InChI=1S/C15H24N2OS/c1-11(2)18-13-7-4-6-12(14(13)16)17-10-15(19-3)8-5-9-15/h4,6-7,11,17H,5,8-10,16H2,1-3H3. The molecule has 19 heavy (non-hydrogen) atoms. The summed E-state index contributed by atoms with van der Waals surface area (Å²) < 4.78 is 6.12. The van der Waals surface area contributed by atoms with Crippen molar-refractivity contribution >= 4 is 23.1 Å². The van der Waals surface area contributed by atoms with Crippen molar-refractivity contribution in [3.05, 3.63) is 18.2 Å². The van der Waals surface area contributed by atoms with Crippen molar-refractivity contribution in [1.29, 1.82) is 0 Å². The minimum atomic E-state index is 0.140. The van der Waals surface area contributed by atoms with E-state index in [-0.39, 0.29) is 6.10 Å². The number of anilines is 2. The van der Waals surface area contributed by atoms with Crippen molar-refractivity contribution in [2.45, 2.75) is 44.0 Å². The van der Waals surface area contributed by atoms with Crippen molar-refractivity contribution in [3.8, 4) is 5.75 Å². The largest absolute Gasteiger partial charge is 0.489 e. The predicted octanol–water partition coefficient (Wildman–Crippen LogP) is 3.75. The summed E-state index contributed by atoms with van der Waals surface area (Å²) in [4.78, 5) is 0. The summed E-state index contributed by atoms with van der Waals surface area (Å²) in [5, 5.41) is 3.49. The van der Waals surface area contributed by atoms with Crippen LogP contribution < -0.4 is 15.8 Å². The quantitative estimate of drug-likeness (QED) is 0.779. The van der Waals surface area contributed by atoms with E-state index in [1.54, 1.807) is 0 Å². The van der Waals surface area contributed by atoms with Gasteiger partial charge in [-0.2, -0.15) is 11.8 Å². The third-order valence-corrected chi connectivity index (χ3v) is 5.15. The Morgan fingerprint density at radius 3 is 2.68 bits per heavy atom. The third-order valence-electron chi connectivity index (χ3n) is 3.73. The molecule has 3 N–H and O–H groups in total. The van der Waals surface area contributed by atoms with E-state index in [0.717, 1.165) is 18.0 Å². The normalized spacial score (nSPS) is 17.1. The minimum Gasteiger partial charge on any atom is -0.489 e. The van der Waals surface area contributed by atoms with Crippen LogP contribution in [-0.2, 0) is 0 Å². The van der Waals surface area contributed by atoms with E-state index in [9.17, 15) is 0 Å². The Labute approximate surface area is 120 Å². The number of para-hydroxylation sites is 1. The molecule has 0 atom stereocenters. The van der Waals surface area contributed by atoms with Crippen LogP contribution in [0.25, 0.3) is 0 Å². The van der Waals surface area contributed by atoms with Crippen LogP contribution in [0.5, 0.6) is 5.75 Å². The van der Waals surface area contributed by atoms with Crippen LogP contribution in [0, 0.1) is 0 Å². The third kappa shape index (κ3) is 3.30. The molecule has 0 spiro atoms. The highest BCUT2D eigenvalue weighted by molar-refractivity contribution is 8.00. The molecule has 2 rings (SSSR count). The first-order chi connectivity index (χ1) is 9.06. The molecule has 1 saturated carbocycles. The molecule has 4 heteroatoms. The fraction of sp³-hybridized carbons (Fsp3) is 0.600. The molecule has 1 fully saturated rings. The maximum absolute atomic E-state index is 6.17. The first kappa shape index (κ1) is 14.4. The summed E-state index contributed by atoms with van der Waals surface area (Å²) >= 11 is 1.96. The maximum atomic E-state index is 6.17. The van der Waals surface area contributed by atoms with Gasteiger partial charge in [0.25, 0.3) is 0 Å². The van der Waals surface area contributed by atoms with Gasteiger partial charge in [0.05, 0.1) is 17.5 Å². The van der Waals surface area contributed by atoms with Crippen molar-refractivity contribution in [3.63, 3.8) is 0 Å². The van der Waals surface area contributed by atoms with E-state index in [1.807, 2.05) is 43.8 Å². The van der Waals surface area contributed by atoms with E-state index < -0.39 is 0 Å². The van der Waals surface area contributed by atoms with Crippen LogP contribution in [0.3, 0.4) is 0 Å². The number of nitrogens with one attached hydrogen (secondary N) is 1. The highest BCUT2D eigenvalue weighted by Crippen LogP contribution is 2.43. The number of ether oxygens (including phenoxy) is 1. The van der Waals surface area contributed by atoms with Gasteiger partial charge in [0.15, 0.2) is 0 Å². The summed E-state index contributed by atoms with van der Waals surface area (Å²) in [5.41, 5.74) is 7.87. The Hall–Kier alpha value is -1.03. The molecule has 0 aromatic heterocycles. The first-order valence-electron chi connectivity index (χ1n) is 6.90. The topological polar surface area (TPSA) is 47.3 Å². The van der Waals surface area contributed by atoms with E-state index in [1.165, 1.54) is 19.3 Å². The number of hydrogen-bond acceptors (Lipinski definition) is 4. The number of hydrogen-bond donors (Lipinski definition) is 2. The molecule has 0 heterocycles. The lowest BCUT2D eigenvalue weighted by Crippen LogP contribution is -2.40. The van der Waals surface area contributed by atoms with Crippen LogP contribution in [0.1, 0.15) is 33.1 Å². The van der Waals surface area contributed by atoms with Gasteiger partial charge in [-0.25, -0.2) is 0 Å². The number of nitrogens with two attached hydrogens (primary N) is 1. The van der Waals surface area contributed by atoms with Gasteiger partial charge in [-0.3, -0.25) is 0 Å². The smallest absolute Gasteiger partial charge is 0.144 e. The van der Waals surface area contributed by atoms with Gasteiger partial charge in [-0.05, 0) is 45.1 Å². The summed E-state index contributed by atoms with van der Waals surface area (Å²) in [6.07, 6.45) is 6.27. The van der Waals surface area contributed by atoms with Gasteiger partial charge in [-0.1, -0.05) is 12.5 Å². The number of rotatable bonds is 6. The minimum absolute atomic E-state index is 0.140. The molecule has 1 aliphatic carbocycles. The Morgan fingerprint density at radius 1 is 1.42 bits per heavy atom. The van der Waals surface area contributed by atoms with Crippen LogP contribution >= 0.6 is 11.8 Å². The van der Waals surface area contributed by atoms with Gasteiger partial charge in [0.2, 0.25) is 0 Å². The molecule has 0 unspecified atom stereocenters. The lowest BCUT2D eigenvalue weighted by molar-refractivity contribution is 0.244. The second-order valence-corrected chi connectivity index (χ2v) is 6.75. The van der Waals surface area contributed by atoms with Gasteiger partial charge < -0.3 is 15.8 Å². The number of benzene rings is 1. The van der Waals surface area contributed by atoms with Crippen molar-refractivity contribution in [2.75, 3.05) is 23.9 Å². The molecule has 106 valence electrons. The average Bonchev–Trinajstić information content (AvgIpc) is 2.32. The van der Waals surface area contributed by atoms with Crippen molar-refractivity contribution in [2.24, 2.45) is 0 Å². The van der Waals surface area contributed by atoms with E-state index in [4.69, 9.17) is 10.5 Å². The van der Waals surface area contributed by atoms with Crippen LogP contribution in [0.4, 0.5) is 11.4 Å². The van der Waals surface area contributed by atoms with Crippen LogP contribution in [0.2, 0.25) is 0 Å². The zero-order chi connectivity index (χ0) is 13.9. The molecular weight excluding hydrogens is 256 g/mol. The first-order valence-corrected chi connectivity index (χ1v) is 8.13. The highest BCUT2D eigenvalue weighted by Gasteiger charge is 2.35. The monoisotopic (exact) mass is 280 g/mol. The zero-order valence-electron chi connectivity index (χ0n) is 12.0. The van der Waals surface area contributed by atoms with Crippen LogP contribution in [-0.4, -0.2) is 23.7 Å². The van der Waals surface area contributed by atoms with E-state index >= 15 is 0 Å². The Bertz CT molecular complexity index is 425. The number of nitrogen functional groups attached to an aromatic ring is 1. The molecule has 0 aliphatic heterocycles. The molecule has 0 amide bonds. The molecule has 0 saturated heterocycles. The van der Waals surface area contributed by atoms with Gasteiger partial charge >= 0.3 is 0 Å². The number of thioether (sulfide) groups is 1. The fourth-order valence-corrected chi connectivity index (χ4v) is 3.25. The highest BCUT2D eigenvalue weighted by atomic mass is 32.2. The SMILES string of the molecule is CSC1(CNc2cccc(OC(C)C)c2N)CCC1. The Morgan fingerprint density at radius 2 is 2.16 bits per heavy atom. The summed E-state index contributed by atoms with van der Waals surface area (Å²) in [6, 6.07) is 5.94. The Kier molecular flexibility index (Phi) is 4.50. The molecule has 1 aliphatic rings. The summed E-state index contributed by atoms with van der Waals surface area (Å²) in [5.74, 6) is 0.770. The van der Waals surface area contributed by atoms with Crippen molar-refractivity contribution < 1.29 is 4.74 Å². The average molecular weight is 280 g/mol. The zero-order valence-corrected chi connectivity index (χ0v) is 12.8. The summed E-state index contributed by atoms with van der Waals surface area (Å²) in [6.45, 7) is 5.00. The molecule has 1 aromatic carbocycles. The fourth-order valence-electron chi connectivity index (χ4n) is 2.34. The maximum Gasteiger partial charge on any atom is 0.144 e. The molecular formula is C15H24N2OS. The van der Waals surface area contributed by atoms with E-state index in [0.29, 0.717) is 10.4 Å². The molecule has 1 aromatic rings. The van der Waals surface area contributed by atoms with Gasteiger partial charge in [-0.15, -0.1) is 0 Å². The van der Waals surface area contributed by atoms with Gasteiger partial charge in [0, 0.05) is 11.3 Å². The molecule has 0 bridgehead atoms. The predicted molar refractivity (Wildman–Crippen MR) is 85.2 cm³/mol. The molecule has 3 nitrogen and oxygen atoms in total.